The Kier molecular flexibility index (Phi) is 7.30. The van der Waals surface area contributed by atoms with Crippen molar-refractivity contribution < 1.29 is 17.9 Å². The fourth-order valence-electron chi connectivity index (χ4n) is 6.56. The first-order chi connectivity index (χ1) is 19.2. The van der Waals surface area contributed by atoms with Crippen LogP contribution in [-0.4, -0.2) is 49.8 Å². The van der Waals surface area contributed by atoms with Crippen LogP contribution in [0.15, 0.2) is 60.7 Å². The van der Waals surface area contributed by atoms with Crippen molar-refractivity contribution in [2.75, 3.05) is 44.2 Å². The summed E-state index contributed by atoms with van der Waals surface area (Å²) in [5, 5.41) is 3.36. The number of hydrogen-bond donors (Lipinski definition) is 1. The fourth-order valence-corrected chi connectivity index (χ4v) is 6.56. The lowest BCUT2D eigenvalue weighted by Gasteiger charge is -2.49. The molecule has 0 saturated carbocycles. The molecule has 3 aromatic rings. The van der Waals surface area contributed by atoms with Gasteiger partial charge < -0.3 is 15.0 Å². The monoisotopic (exact) mass is 549 g/mol. The Labute approximate surface area is 235 Å². The molecule has 7 heteroatoms. The van der Waals surface area contributed by atoms with Crippen LogP contribution in [0, 0.1) is 17.0 Å². The molecule has 212 valence electrons. The second kappa shape index (κ2) is 10.7. The molecule has 6 rings (SSSR count). The van der Waals surface area contributed by atoms with E-state index in [1.165, 1.54) is 26.0 Å². The minimum atomic E-state index is -1.51. The van der Waals surface area contributed by atoms with Gasteiger partial charge in [-0.2, -0.15) is 0 Å². The molecule has 1 atom stereocenters. The molecule has 0 radical (unpaired) electrons. The quantitative estimate of drug-likeness (QED) is 0.368. The highest BCUT2D eigenvalue weighted by Crippen LogP contribution is 2.42. The molecule has 3 aliphatic heterocycles. The predicted octanol–water partition coefficient (Wildman–Crippen LogP) is 6.43. The van der Waals surface area contributed by atoms with Crippen molar-refractivity contribution in [2.45, 2.75) is 51.4 Å². The molecule has 0 aromatic heterocycles. The molecule has 4 nitrogen and oxygen atoms in total. The van der Waals surface area contributed by atoms with Gasteiger partial charge in [-0.25, -0.2) is 13.2 Å². The third kappa shape index (κ3) is 5.59. The lowest BCUT2D eigenvalue weighted by Crippen LogP contribution is -2.58. The van der Waals surface area contributed by atoms with E-state index in [9.17, 15) is 4.39 Å². The second-order valence-corrected chi connectivity index (χ2v) is 12.4. The van der Waals surface area contributed by atoms with Crippen molar-refractivity contribution in [1.29, 1.82) is 0 Å². The third-order valence-electron chi connectivity index (χ3n) is 8.80. The van der Waals surface area contributed by atoms with Gasteiger partial charge in [-0.3, -0.25) is 4.90 Å². The minimum Gasteiger partial charge on any atom is -0.489 e. The molecule has 1 spiro atoms. The highest BCUT2D eigenvalue weighted by molar-refractivity contribution is 5.52. The molecule has 0 bridgehead atoms. The number of benzene rings is 3. The number of nitrogens with one attached hydrogen (secondary N) is 1. The van der Waals surface area contributed by atoms with Crippen LogP contribution in [0.3, 0.4) is 0 Å². The van der Waals surface area contributed by atoms with Crippen molar-refractivity contribution in [1.82, 2.24) is 10.2 Å². The summed E-state index contributed by atoms with van der Waals surface area (Å²) >= 11 is 0. The van der Waals surface area contributed by atoms with Gasteiger partial charge in [-0.1, -0.05) is 36.4 Å². The lowest BCUT2D eigenvalue weighted by atomic mass is 9.73. The van der Waals surface area contributed by atoms with E-state index in [0.717, 1.165) is 55.7 Å². The van der Waals surface area contributed by atoms with Gasteiger partial charge in [-0.05, 0) is 79.5 Å². The zero-order valence-corrected chi connectivity index (χ0v) is 23.4. The van der Waals surface area contributed by atoms with E-state index in [1.807, 2.05) is 53.4 Å². The van der Waals surface area contributed by atoms with Gasteiger partial charge in [0.2, 0.25) is 0 Å². The van der Waals surface area contributed by atoms with Crippen molar-refractivity contribution in [2.24, 2.45) is 5.41 Å². The number of hydrogen-bond acceptors (Lipinski definition) is 4. The van der Waals surface area contributed by atoms with E-state index < -0.39 is 23.3 Å². The molecule has 2 fully saturated rings. The Morgan fingerprint density at radius 3 is 2.27 bits per heavy atom. The normalized spacial score (nSPS) is 20.7. The maximum atomic E-state index is 15.9. The van der Waals surface area contributed by atoms with Crippen LogP contribution in [0.1, 0.15) is 55.0 Å². The molecule has 1 unspecified atom stereocenters. The van der Waals surface area contributed by atoms with Crippen molar-refractivity contribution in [3.05, 3.63) is 94.6 Å². The average Bonchev–Trinajstić information content (AvgIpc) is 2.91. The highest BCUT2D eigenvalue weighted by Gasteiger charge is 2.40. The Morgan fingerprint density at radius 1 is 0.950 bits per heavy atom. The van der Waals surface area contributed by atoms with Crippen LogP contribution >= 0.6 is 0 Å². The number of rotatable bonds is 7. The molecular formula is C33H38F3N3O. The van der Waals surface area contributed by atoms with E-state index in [2.05, 4.69) is 10.2 Å². The maximum Gasteiger partial charge on any atom is 0.133 e. The van der Waals surface area contributed by atoms with Gasteiger partial charge in [0.25, 0.3) is 0 Å². The Hall–Kier alpha value is -3.03. The molecule has 3 heterocycles. The number of ether oxygens (including phenoxy) is 1. The number of fused-ring (bicyclic) bond motifs is 1. The molecule has 0 aliphatic carbocycles. The summed E-state index contributed by atoms with van der Waals surface area (Å²) in [6, 6.07) is 17.8. The number of alkyl halides is 1. The van der Waals surface area contributed by atoms with E-state index in [4.69, 9.17) is 4.74 Å². The number of halogens is 3. The largest absolute Gasteiger partial charge is 0.489 e. The molecule has 3 aliphatic rings. The van der Waals surface area contributed by atoms with Gasteiger partial charge in [0.1, 0.15) is 29.7 Å². The van der Waals surface area contributed by atoms with Crippen LogP contribution in [-0.2, 0) is 13.0 Å². The lowest BCUT2D eigenvalue weighted by molar-refractivity contribution is 0.0971. The molecule has 2 saturated heterocycles. The number of anilines is 1. The summed E-state index contributed by atoms with van der Waals surface area (Å²) in [6.07, 6.45) is 2.69. The topological polar surface area (TPSA) is 27.7 Å². The summed E-state index contributed by atoms with van der Waals surface area (Å²) in [5.74, 6) is -0.449. The Balaban J connectivity index is 1.29. The van der Waals surface area contributed by atoms with Gasteiger partial charge in [0.15, 0.2) is 0 Å². The van der Waals surface area contributed by atoms with E-state index in [1.54, 1.807) is 0 Å². The summed E-state index contributed by atoms with van der Waals surface area (Å²) in [7, 11) is 0. The molecule has 1 N–H and O–H groups in total. The zero-order chi connectivity index (χ0) is 27.9. The minimum absolute atomic E-state index is 0.0106. The van der Waals surface area contributed by atoms with Crippen LogP contribution in [0.4, 0.5) is 18.9 Å². The zero-order valence-electron chi connectivity index (χ0n) is 23.4. The molecular weight excluding hydrogens is 511 g/mol. The van der Waals surface area contributed by atoms with Crippen LogP contribution < -0.4 is 15.0 Å². The van der Waals surface area contributed by atoms with Crippen molar-refractivity contribution in [3.8, 4) is 5.75 Å². The fraction of sp³-hybridized carbons (Fsp3) is 0.455. The smallest absolute Gasteiger partial charge is 0.133 e. The summed E-state index contributed by atoms with van der Waals surface area (Å²) in [4.78, 5) is 3.97. The van der Waals surface area contributed by atoms with Crippen LogP contribution in [0.5, 0.6) is 5.75 Å². The van der Waals surface area contributed by atoms with Crippen LogP contribution in [0.2, 0.25) is 0 Å². The molecule has 40 heavy (non-hydrogen) atoms. The average molecular weight is 550 g/mol. The number of nitrogens with zero attached hydrogens (tertiary/aromatic N) is 2. The Bertz CT molecular complexity index is 1320. The first kappa shape index (κ1) is 27.2. The van der Waals surface area contributed by atoms with Gasteiger partial charge in [0, 0.05) is 50.5 Å². The summed E-state index contributed by atoms with van der Waals surface area (Å²) in [6.45, 7) is 7.67. The first-order valence-corrected chi connectivity index (χ1v) is 14.4. The molecule has 0 amide bonds. The summed E-state index contributed by atoms with van der Waals surface area (Å²) in [5.41, 5.74) is 2.24. The standard InChI is InChI=1S/C33H38F3N3O/c1-32(2,36)22-39-13-10-24-16-26(40-19-23-6-4-3-5-7-23)8-9-27(24)31(39)30-28(34)17-25(18-29(30)35)38-14-11-33(12-15-38)20-37-21-33/h3-9,16-18,31,37H,10-15,19-22H2,1-2H3. The van der Waals surface area contributed by atoms with E-state index in [-0.39, 0.29) is 12.1 Å². The van der Waals surface area contributed by atoms with E-state index >= 15 is 8.78 Å². The SMILES string of the molecule is CC(C)(F)CN1CCc2cc(OCc3ccccc3)ccc2C1c1c(F)cc(N2CCC3(CC2)CNC3)cc1F. The maximum absolute atomic E-state index is 15.9. The molecule has 3 aromatic carbocycles. The Morgan fingerprint density at radius 2 is 1.65 bits per heavy atom. The van der Waals surface area contributed by atoms with Crippen LogP contribution in [0.25, 0.3) is 0 Å². The van der Waals surface area contributed by atoms with Crippen molar-refractivity contribution in [3.63, 3.8) is 0 Å². The van der Waals surface area contributed by atoms with Crippen molar-refractivity contribution >= 4 is 5.69 Å². The first-order valence-electron chi connectivity index (χ1n) is 14.4. The van der Waals surface area contributed by atoms with Gasteiger partial charge in [-0.15, -0.1) is 0 Å². The second-order valence-electron chi connectivity index (χ2n) is 12.4. The summed E-state index contributed by atoms with van der Waals surface area (Å²) < 4.78 is 52.8. The van der Waals surface area contributed by atoms with Gasteiger partial charge in [0.05, 0.1) is 6.04 Å². The van der Waals surface area contributed by atoms with E-state index in [0.29, 0.717) is 36.4 Å². The predicted molar refractivity (Wildman–Crippen MR) is 153 cm³/mol. The van der Waals surface area contributed by atoms with Gasteiger partial charge >= 0.3 is 0 Å². The highest BCUT2D eigenvalue weighted by atomic mass is 19.1. The third-order valence-corrected chi connectivity index (χ3v) is 8.80. The number of piperidine rings is 1.